The topological polar surface area (TPSA) is 17.3 Å². The number of imidazole rings is 1. The average molecular weight is 286 g/mol. The second kappa shape index (κ2) is 3.70. The summed E-state index contributed by atoms with van der Waals surface area (Å²) in [6, 6.07) is 15.4. The fraction of sp³-hybridized carbons (Fsp3) is 0.250. The minimum atomic E-state index is 0.149. The molecule has 1 aliphatic heterocycles. The van der Waals surface area contributed by atoms with Crippen LogP contribution in [-0.2, 0) is 11.8 Å². The Morgan fingerprint density at radius 1 is 0.955 bits per heavy atom. The van der Waals surface area contributed by atoms with E-state index in [-0.39, 0.29) is 5.41 Å². The van der Waals surface area contributed by atoms with Gasteiger partial charge in [0.05, 0.1) is 11.2 Å². The van der Waals surface area contributed by atoms with Crippen LogP contribution in [-0.4, -0.2) is 9.38 Å². The lowest BCUT2D eigenvalue weighted by Gasteiger charge is -2.32. The Hall–Kier alpha value is -2.35. The maximum atomic E-state index is 4.92. The van der Waals surface area contributed by atoms with Crippen molar-refractivity contribution in [1.82, 2.24) is 9.38 Å². The molecule has 5 rings (SSSR count). The normalized spacial score (nSPS) is 16.1. The van der Waals surface area contributed by atoms with Crippen molar-refractivity contribution in [2.24, 2.45) is 0 Å². The molecular weight excluding hydrogens is 268 g/mol. The Morgan fingerprint density at radius 2 is 1.68 bits per heavy atom. The van der Waals surface area contributed by atoms with E-state index in [0.29, 0.717) is 0 Å². The number of nitrogens with zero attached hydrogens (tertiary/aromatic N) is 2. The molecule has 2 nitrogen and oxygen atoms in total. The molecule has 22 heavy (non-hydrogen) atoms. The number of benzene rings is 2. The van der Waals surface area contributed by atoms with Gasteiger partial charge in [0.1, 0.15) is 5.65 Å². The molecule has 0 saturated heterocycles. The van der Waals surface area contributed by atoms with E-state index in [1.165, 1.54) is 38.6 Å². The Bertz CT molecular complexity index is 1080. The second-order valence-electron chi connectivity index (χ2n) is 7.11. The SMILES string of the molecule is Cc1nc2c3ccccc3c3cccc4c3n2c1CC4(C)C. The lowest BCUT2D eigenvalue weighted by molar-refractivity contribution is 0.504. The molecule has 0 bridgehead atoms. The minimum absolute atomic E-state index is 0.149. The molecule has 0 N–H and O–H groups in total. The van der Waals surface area contributed by atoms with Crippen molar-refractivity contribution < 1.29 is 0 Å². The highest BCUT2D eigenvalue weighted by Gasteiger charge is 2.32. The zero-order valence-electron chi connectivity index (χ0n) is 13.1. The van der Waals surface area contributed by atoms with Crippen molar-refractivity contribution in [3.63, 3.8) is 0 Å². The molecule has 0 amide bonds. The van der Waals surface area contributed by atoms with Crippen LogP contribution in [0.25, 0.3) is 27.3 Å². The largest absolute Gasteiger partial charge is 0.296 e. The molecule has 1 aliphatic rings. The lowest BCUT2D eigenvalue weighted by Crippen LogP contribution is -2.26. The van der Waals surface area contributed by atoms with Gasteiger partial charge in [0.2, 0.25) is 0 Å². The van der Waals surface area contributed by atoms with E-state index >= 15 is 0 Å². The highest BCUT2D eigenvalue weighted by atomic mass is 15.0. The highest BCUT2D eigenvalue weighted by Crippen LogP contribution is 2.42. The standard InChI is InChI=1S/C20H18N2/c1-12-17-11-20(2,3)16-10-6-9-14-13-7-4-5-8-15(13)19(21-12)22(17)18(14)16/h4-10H,11H2,1-3H3. The first-order chi connectivity index (χ1) is 10.6. The van der Waals surface area contributed by atoms with E-state index in [9.17, 15) is 0 Å². The molecule has 0 spiro atoms. The maximum absolute atomic E-state index is 4.92. The van der Waals surface area contributed by atoms with E-state index in [0.717, 1.165) is 12.1 Å². The van der Waals surface area contributed by atoms with Crippen LogP contribution in [0.2, 0.25) is 0 Å². The molecule has 0 fully saturated rings. The zero-order valence-corrected chi connectivity index (χ0v) is 13.1. The van der Waals surface area contributed by atoms with Crippen LogP contribution < -0.4 is 0 Å². The summed E-state index contributed by atoms with van der Waals surface area (Å²) in [5.74, 6) is 0. The zero-order chi connectivity index (χ0) is 15.1. The van der Waals surface area contributed by atoms with Crippen LogP contribution in [0.15, 0.2) is 42.5 Å². The summed E-state index contributed by atoms with van der Waals surface area (Å²) >= 11 is 0. The highest BCUT2D eigenvalue weighted by molar-refractivity contribution is 6.13. The summed E-state index contributed by atoms with van der Waals surface area (Å²) < 4.78 is 2.41. The molecule has 2 aromatic heterocycles. The Labute approximate surface area is 129 Å². The minimum Gasteiger partial charge on any atom is -0.296 e. The van der Waals surface area contributed by atoms with E-state index in [1.807, 2.05) is 0 Å². The summed E-state index contributed by atoms with van der Waals surface area (Å²) in [6.07, 6.45) is 1.05. The van der Waals surface area contributed by atoms with Gasteiger partial charge in [0.25, 0.3) is 0 Å². The van der Waals surface area contributed by atoms with Crippen LogP contribution in [0.1, 0.15) is 30.8 Å². The third kappa shape index (κ3) is 1.29. The predicted octanol–water partition coefficient (Wildman–Crippen LogP) is 4.78. The van der Waals surface area contributed by atoms with Crippen molar-refractivity contribution in [3.05, 3.63) is 59.4 Å². The van der Waals surface area contributed by atoms with Gasteiger partial charge in [-0.05, 0) is 29.7 Å². The average Bonchev–Trinajstić information content (AvgIpc) is 2.84. The van der Waals surface area contributed by atoms with Gasteiger partial charge in [-0.1, -0.05) is 56.3 Å². The number of pyridine rings is 1. The fourth-order valence-electron chi connectivity index (χ4n) is 4.17. The van der Waals surface area contributed by atoms with Gasteiger partial charge in [0.15, 0.2) is 0 Å². The Kier molecular flexibility index (Phi) is 2.05. The van der Waals surface area contributed by atoms with Gasteiger partial charge < -0.3 is 0 Å². The Balaban J connectivity index is 2.22. The van der Waals surface area contributed by atoms with Gasteiger partial charge in [-0.15, -0.1) is 0 Å². The molecule has 0 unspecified atom stereocenters. The van der Waals surface area contributed by atoms with Crippen LogP contribution >= 0.6 is 0 Å². The molecule has 0 aliphatic carbocycles. The van der Waals surface area contributed by atoms with Gasteiger partial charge >= 0.3 is 0 Å². The molecule has 2 aromatic carbocycles. The van der Waals surface area contributed by atoms with E-state index in [1.54, 1.807) is 0 Å². The third-order valence-electron chi connectivity index (χ3n) is 5.23. The lowest BCUT2D eigenvalue weighted by atomic mass is 9.77. The number of para-hydroxylation sites is 1. The van der Waals surface area contributed by atoms with Crippen molar-refractivity contribution >= 4 is 27.3 Å². The molecule has 108 valence electrons. The van der Waals surface area contributed by atoms with Crippen LogP contribution in [0.5, 0.6) is 0 Å². The van der Waals surface area contributed by atoms with Crippen molar-refractivity contribution in [2.45, 2.75) is 32.6 Å². The van der Waals surface area contributed by atoms with E-state index in [2.05, 4.69) is 67.6 Å². The maximum Gasteiger partial charge on any atom is 0.145 e. The predicted molar refractivity (Wildman–Crippen MR) is 91.7 cm³/mol. The number of aryl methyl sites for hydroxylation is 1. The van der Waals surface area contributed by atoms with Crippen molar-refractivity contribution in [2.75, 3.05) is 0 Å². The summed E-state index contributed by atoms with van der Waals surface area (Å²) in [4.78, 5) is 4.92. The quantitative estimate of drug-likeness (QED) is 0.425. The van der Waals surface area contributed by atoms with Gasteiger partial charge in [-0.25, -0.2) is 4.98 Å². The molecule has 0 radical (unpaired) electrons. The molecule has 3 heterocycles. The fourth-order valence-corrected chi connectivity index (χ4v) is 4.17. The third-order valence-corrected chi connectivity index (χ3v) is 5.23. The summed E-state index contributed by atoms with van der Waals surface area (Å²) in [5.41, 5.74) is 6.58. The van der Waals surface area contributed by atoms with Crippen LogP contribution in [0.4, 0.5) is 0 Å². The molecular formula is C20H18N2. The number of hydrogen-bond acceptors (Lipinski definition) is 1. The molecule has 0 atom stereocenters. The summed E-state index contributed by atoms with van der Waals surface area (Å²) in [7, 11) is 0. The first-order valence-electron chi connectivity index (χ1n) is 7.90. The number of rotatable bonds is 0. The van der Waals surface area contributed by atoms with Gasteiger partial charge in [0, 0.05) is 16.5 Å². The van der Waals surface area contributed by atoms with Gasteiger partial charge in [-0.3, -0.25) is 4.40 Å². The Morgan fingerprint density at radius 3 is 2.50 bits per heavy atom. The number of hydrogen-bond donors (Lipinski definition) is 0. The molecule has 0 saturated carbocycles. The monoisotopic (exact) mass is 286 g/mol. The smallest absolute Gasteiger partial charge is 0.145 e. The molecule has 2 heteroatoms. The van der Waals surface area contributed by atoms with Crippen molar-refractivity contribution in [3.8, 4) is 0 Å². The summed E-state index contributed by atoms with van der Waals surface area (Å²) in [5, 5.41) is 3.90. The van der Waals surface area contributed by atoms with E-state index in [4.69, 9.17) is 4.98 Å². The first-order valence-corrected chi connectivity index (χ1v) is 7.90. The van der Waals surface area contributed by atoms with Crippen molar-refractivity contribution in [1.29, 1.82) is 0 Å². The van der Waals surface area contributed by atoms with Gasteiger partial charge in [-0.2, -0.15) is 0 Å². The molecule has 4 aromatic rings. The first kappa shape index (κ1) is 12.2. The summed E-state index contributed by atoms with van der Waals surface area (Å²) in [6.45, 7) is 6.84. The van der Waals surface area contributed by atoms with Crippen LogP contribution in [0.3, 0.4) is 0 Å². The number of aromatic nitrogens is 2. The number of fused-ring (bicyclic) bond motifs is 3. The van der Waals surface area contributed by atoms with Crippen LogP contribution in [0, 0.1) is 6.92 Å². The van der Waals surface area contributed by atoms with E-state index < -0.39 is 0 Å². The second-order valence-corrected chi connectivity index (χ2v) is 7.11.